The monoisotopic (exact) mass is 332 g/mol. The van der Waals surface area contributed by atoms with E-state index in [4.69, 9.17) is 0 Å². The summed E-state index contributed by atoms with van der Waals surface area (Å²) in [5.41, 5.74) is 0. The molecule has 0 radical (unpaired) electrons. The van der Waals surface area contributed by atoms with Gasteiger partial charge in [-0.05, 0) is 44.9 Å². The van der Waals surface area contributed by atoms with Crippen LogP contribution in [-0.4, -0.2) is 17.2 Å². The van der Waals surface area contributed by atoms with E-state index in [1.165, 1.54) is 25.7 Å². The van der Waals surface area contributed by atoms with Gasteiger partial charge < -0.3 is 15.0 Å². The number of carbonyl (C=O) groups is 1. The Labute approximate surface area is 178 Å². The molecular weight excluding hydrogens is 303 g/mol. The van der Waals surface area contributed by atoms with E-state index in [-0.39, 0.29) is 57.8 Å². The summed E-state index contributed by atoms with van der Waals surface area (Å²) in [6.07, 6.45) is 19.4. The smallest absolute Gasteiger partial charge is 0.550 e. The van der Waals surface area contributed by atoms with Gasteiger partial charge in [0.05, 0.1) is 6.10 Å². The molecule has 1 atom stereocenters. The van der Waals surface area contributed by atoms with Gasteiger partial charge in [0.2, 0.25) is 0 Å². The van der Waals surface area contributed by atoms with Crippen LogP contribution in [0.4, 0.5) is 0 Å². The van der Waals surface area contributed by atoms with Crippen molar-refractivity contribution in [2.75, 3.05) is 0 Å². The van der Waals surface area contributed by atoms with Crippen molar-refractivity contribution >= 4 is 5.97 Å². The van der Waals surface area contributed by atoms with Crippen molar-refractivity contribution in [3.05, 3.63) is 36.5 Å². The van der Waals surface area contributed by atoms with Gasteiger partial charge in [-0.3, -0.25) is 0 Å². The van der Waals surface area contributed by atoms with E-state index in [1.807, 2.05) is 6.08 Å². The predicted octanol–water partition coefficient (Wildman–Crippen LogP) is 0.301. The van der Waals surface area contributed by atoms with Gasteiger partial charge in [-0.1, -0.05) is 56.2 Å². The van der Waals surface area contributed by atoms with E-state index < -0.39 is 12.1 Å². The number of carbonyl (C=O) groups excluding carboxylic acids is 1. The molecule has 0 aromatic heterocycles. The molecule has 0 saturated heterocycles. The summed E-state index contributed by atoms with van der Waals surface area (Å²) in [4.78, 5) is 10.2. The third kappa shape index (κ3) is 20.3. The van der Waals surface area contributed by atoms with Gasteiger partial charge in [0.25, 0.3) is 0 Å². The zero-order chi connectivity index (χ0) is 15.8. The van der Waals surface area contributed by atoms with Crippen LogP contribution in [0.25, 0.3) is 0 Å². The maximum absolute atomic E-state index is 10.2. The number of aliphatic hydroxyl groups is 1. The number of aliphatic hydroxyl groups excluding tert-OH is 1. The minimum Gasteiger partial charge on any atom is -0.550 e. The molecule has 0 aromatic rings. The van der Waals surface area contributed by atoms with Crippen molar-refractivity contribution in [1.82, 2.24) is 0 Å². The molecule has 120 valence electrons. The van der Waals surface area contributed by atoms with Gasteiger partial charge in [0.1, 0.15) is 0 Å². The number of hydrogen-bond donors (Lipinski definition) is 1. The Morgan fingerprint density at radius 3 is 2.32 bits per heavy atom. The van der Waals surface area contributed by atoms with E-state index in [0.717, 1.165) is 12.8 Å². The summed E-state index contributed by atoms with van der Waals surface area (Å²) < 4.78 is 0. The molecule has 0 saturated carbocycles. The number of aliphatic carboxylic acids is 1. The number of rotatable bonds is 13. The normalized spacial score (nSPS) is 13.0. The fourth-order valence-electron chi connectivity index (χ4n) is 1.86. The van der Waals surface area contributed by atoms with Gasteiger partial charge in [-0.2, -0.15) is 0 Å². The predicted molar refractivity (Wildman–Crippen MR) is 85.7 cm³/mol. The first-order chi connectivity index (χ1) is 10.2. The second kappa shape index (κ2) is 19.3. The Hall–Kier alpha value is 0.286. The van der Waals surface area contributed by atoms with Crippen molar-refractivity contribution in [1.29, 1.82) is 0 Å². The quantitative estimate of drug-likeness (QED) is 0.300. The summed E-state index contributed by atoms with van der Waals surface area (Å²) in [5, 5.41) is 19.8. The molecule has 4 heteroatoms. The zero-order valence-corrected chi connectivity index (χ0v) is 17.3. The van der Waals surface area contributed by atoms with Crippen molar-refractivity contribution in [3.8, 4) is 0 Å². The van der Waals surface area contributed by atoms with Crippen LogP contribution in [-0.2, 0) is 4.79 Å². The van der Waals surface area contributed by atoms with Crippen molar-refractivity contribution in [2.45, 2.75) is 70.8 Å². The standard InChI is InChI=1S/C18H30O3.K/c1-2-3-4-5-6-7-8-9-10-11-12-14-17(19)15-13-16-18(20)21;/h6-7,9-10,12,14,17,19H,2-5,8,11,13,15-16H2,1H3,(H,20,21);/q;+1/p-1/b7-6-,10-9-,14-12-;. The molecule has 0 spiro atoms. The molecule has 3 nitrogen and oxygen atoms in total. The van der Waals surface area contributed by atoms with E-state index in [0.29, 0.717) is 12.8 Å². The number of hydrogen-bond acceptors (Lipinski definition) is 3. The van der Waals surface area contributed by atoms with Crippen molar-refractivity contribution < 1.29 is 66.4 Å². The number of allylic oxidation sites excluding steroid dienone is 5. The van der Waals surface area contributed by atoms with Crippen molar-refractivity contribution in [3.63, 3.8) is 0 Å². The maximum Gasteiger partial charge on any atom is 1.00 e. The average molecular weight is 333 g/mol. The minimum atomic E-state index is -1.06. The second-order valence-electron chi connectivity index (χ2n) is 5.17. The maximum atomic E-state index is 10.2. The van der Waals surface area contributed by atoms with E-state index in [1.54, 1.807) is 6.08 Å². The van der Waals surface area contributed by atoms with Crippen LogP contribution < -0.4 is 56.5 Å². The first-order valence-corrected chi connectivity index (χ1v) is 8.01. The van der Waals surface area contributed by atoms with Gasteiger partial charge in [-0.15, -0.1) is 0 Å². The Kier molecular flexibility index (Phi) is 21.6. The fraction of sp³-hybridized carbons (Fsp3) is 0.611. The molecule has 0 aromatic carbocycles. The van der Waals surface area contributed by atoms with Crippen LogP contribution in [0.15, 0.2) is 36.5 Å². The number of carboxylic acid groups (broad SMARTS) is 1. The summed E-state index contributed by atoms with van der Waals surface area (Å²) in [7, 11) is 0. The summed E-state index contributed by atoms with van der Waals surface area (Å²) in [5.74, 6) is -1.06. The first-order valence-electron chi connectivity index (χ1n) is 8.01. The van der Waals surface area contributed by atoms with Crippen molar-refractivity contribution in [2.24, 2.45) is 0 Å². The molecule has 0 bridgehead atoms. The molecule has 0 aliphatic heterocycles. The Bertz CT molecular complexity index is 335. The van der Waals surface area contributed by atoms with Crippen LogP contribution in [0.2, 0.25) is 0 Å². The van der Waals surface area contributed by atoms with Crippen LogP contribution in [0.5, 0.6) is 0 Å². The Morgan fingerprint density at radius 1 is 1.05 bits per heavy atom. The third-order valence-corrected chi connectivity index (χ3v) is 3.09. The summed E-state index contributed by atoms with van der Waals surface area (Å²) >= 11 is 0. The number of carboxylic acids is 1. The molecule has 1 unspecified atom stereocenters. The Morgan fingerprint density at radius 2 is 1.68 bits per heavy atom. The van der Waals surface area contributed by atoms with Crippen LogP contribution in [0.3, 0.4) is 0 Å². The van der Waals surface area contributed by atoms with E-state index >= 15 is 0 Å². The van der Waals surface area contributed by atoms with Gasteiger partial charge in [0.15, 0.2) is 0 Å². The van der Waals surface area contributed by atoms with E-state index in [2.05, 4.69) is 31.2 Å². The molecular formula is C18H29KO3. The molecule has 22 heavy (non-hydrogen) atoms. The molecule has 0 heterocycles. The van der Waals surface area contributed by atoms with E-state index in [9.17, 15) is 15.0 Å². The fourth-order valence-corrected chi connectivity index (χ4v) is 1.86. The van der Waals surface area contributed by atoms with Gasteiger partial charge >= 0.3 is 51.4 Å². The Balaban J connectivity index is 0. The van der Waals surface area contributed by atoms with Gasteiger partial charge in [-0.25, -0.2) is 0 Å². The van der Waals surface area contributed by atoms with Crippen LogP contribution in [0, 0.1) is 0 Å². The third-order valence-electron chi connectivity index (χ3n) is 3.09. The summed E-state index contributed by atoms with van der Waals surface area (Å²) in [6.45, 7) is 2.21. The first kappa shape index (κ1) is 24.5. The number of unbranched alkanes of at least 4 members (excludes halogenated alkanes) is 3. The molecule has 0 aliphatic carbocycles. The summed E-state index contributed by atoms with van der Waals surface area (Å²) in [6, 6.07) is 0. The zero-order valence-electron chi connectivity index (χ0n) is 14.2. The molecule has 0 rings (SSSR count). The van der Waals surface area contributed by atoms with Gasteiger partial charge in [0, 0.05) is 5.97 Å². The largest absolute Gasteiger partial charge is 1.00 e. The van der Waals surface area contributed by atoms with Crippen LogP contribution in [0.1, 0.15) is 64.7 Å². The molecule has 1 N–H and O–H groups in total. The SMILES string of the molecule is CCCCC/C=C\C/C=C\C/C=C\C(O)CCCC(=O)[O-].[K+]. The minimum absolute atomic E-state index is 0. The second-order valence-corrected chi connectivity index (χ2v) is 5.17. The molecule has 0 amide bonds. The molecule has 0 fully saturated rings. The topological polar surface area (TPSA) is 60.4 Å². The van der Waals surface area contributed by atoms with Crippen LogP contribution >= 0.6 is 0 Å². The average Bonchev–Trinajstić information content (AvgIpc) is 2.44. The molecule has 0 aliphatic rings.